The van der Waals surface area contributed by atoms with E-state index in [-0.39, 0.29) is 17.8 Å². The third-order valence-corrected chi connectivity index (χ3v) is 8.60. The molecule has 2 N–H and O–H groups in total. The summed E-state index contributed by atoms with van der Waals surface area (Å²) in [6.07, 6.45) is 5.58. The van der Waals surface area contributed by atoms with Gasteiger partial charge in [-0.1, -0.05) is 13.0 Å². The average molecular weight is 561 g/mol. The number of benzene rings is 1. The molecule has 1 saturated carbocycles. The average Bonchev–Trinajstić information content (AvgIpc) is 3.64. The second kappa shape index (κ2) is 11.5. The number of likely N-dealkylation sites (N-methyl/N-ethyl adjacent to an activating group) is 1. The number of fused-ring (bicyclic) bond motifs is 1. The lowest BCUT2D eigenvalue weighted by Crippen LogP contribution is -2.51. The van der Waals surface area contributed by atoms with E-state index in [9.17, 15) is 9.18 Å². The highest BCUT2D eigenvalue weighted by Crippen LogP contribution is 2.39. The van der Waals surface area contributed by atoms with Crippen molar-refractivity contribution in [3.05, 3.63) is 66.2 Å². The number of hydrogen-bond donors (Lipinski definition) is 2. The second-order valence-corrected chi connectivity index (χ2v) is 11.6. The molecule has 1 aromatic carbocycles. The minimum Gasteiger partial charge on any atom is -0.453 e. The summed E-state index contributed by atoms with van der Waals surface area (Å²) in [4.78, 5) is 27.2. The van der Waals surface area contributed by atoms with Crippen LogP contribution in [0.3, 0.4) is 0 Å². The van der Waals surface area contributed by atoms with Crippen molar-refractivity contribution in [2.24, 2.45) is 0 Å². The van der Waals surface area contributed by atoms with Crippen LogP contribution < -0.4 is 15.4 Å². The van der Waals surface area contributed by atoms with Crippen molar-refractivity contribution >= 4 is 33.3 Å². The van der Waals surface area contributed by atoms with Gasteiger partial charge in [0, 0.05) is 68.5 Å². The van der Waals surface area contributed by atoms with Crippen molar-refractivity contribution in [2.75, 3.05) is 31.5 Å². The number of ether oxygens (including phenoxy) is 1. The van der Waals surface area contributed by atoms with E-state index in [1.54, 1.807) is 18.3 Å². The Labute approximate surface area is 237 Å². The van der Waals surface area contributed by atoms with Crippen LogP contribution in [0.4, 0.5) is 14.9 Å². The standard InChI is InChI=1S/C30H33FN6O2S/c1-3-37-13-12-36(17-19(37)2)18-20-4-8-24(33-16-20)28-15-25-29(40-28)27(10-11-32-25)39-26-9-7-22(14-23(26)31)35-30(38)34-21-5-6-21/h4,7-11,14-16,19,21H,3,5-6,12-13,17-18H2,1-2H3,(H2,34,35,38). The highest BCUT2D eigenvalue weighted by atomic mass is 32.1. The predicted molar refractivity (Wildman–Crippen MR) is 156 cm³/mol. The van der Waals surface area contributed by atoms with Crippen molar-refractivity contribution in [3.63, 3.8) is 0 Å². The molecule has 2 fully saturated rings. The van der Waals surface area contributed by atoms with Gasteiger partial charge in [-0.25, -0.2) is 9.18 Å². The molecule has 2 aliphatic rings. The maximum absolute atomic E-state index is 14.9. The molecule has 3 aromatic heterocycles. The zero-order valence-corrected chi connectivity index (χ0v) is 23.5. The number of thiophene rings is 1. The van der Waals surface area contributed by atoms with Crippen LogP contribution in [-0.2, 0) is 6.54 Å². The Hall–Kier alpha value is -3.60. The molecular weight excluding hydrogens is 527 g/mol. The molecule has 1 aliphatic carbocycles. The monoisotopic (exact) mass is 560 g/mol. The molecule has 6 rings (SSSR count). The first-order chi connectivity index (χ1) is 19.4. The summed E-state index contributed by atoms with van der Waals surface area (Å²) in [7, 11) is 0. The van der Waals surface area contributed by atoms with Crippen molar-refractivity contribution in [1.82, 2.24) is 25.1 Å². The molecule has 4 aromatic rings. The molecule has 208 valence electrons. The lowest BCUT2D eigenvalue weighted by molar-refractivity contribution is 0.0834. The Kier molecular flexibility index (Phi) is 7.64. The number of pyridine rings is 2. The molecule has 4 heterocycles. The summed E-state index contributed by atoms with van der Waals surface area (Å²) in [5, 5.41) is 5.48. The normalized spacial score (nSPS) is 18.1. The summed E-state index contributed by atoms with van der Waals surface area (Å²) in [6, 6.07) is 12.8. The third kappa shape index (κ3) is 6.09. The summed E-state index contributed by atoms with van der Waals surface area (Å²) in [5.74, 6) is 0.0326. The number of aromatic nitrogens is 2. The Morgan fingerprint density at radius 2 is 2.00 bits per heavy atom. The van der Waals surface area contributed by atoms with Crippen LogP contribution in [-0.4, -0.2) is 64.1 Å². The number of carbonyl (C=O) groups is 1. The van der Waals surface area contributed by atoms with E-state index in [1.807, 2.05) is 12.3 Å². The first kappa shape index (κ1) is 26.6. The maximum atomic E-state index is 14.9. The highest BCUT2D eigenvalue weighted by Gasteiger charge is 2.24. The van der Waals surface area contributed by atoms with E-state index in [1.165, 1.54) is 29.0 Å². The largest absolute Gasteiger partial charge is 0.453 e. The van der Waals surface area contributed by atoms with E-state index in [2.05, 4.69) is 51.4 Å². The number of nitrogens with zero attached hydrogens (tertiary/aromatic N) is 4. The predicted octanol–water partition coefficient (Wildman–Crippen LogP) is 6.10. The molecule has 2 amide bonds. The maximum Gasteiger partial charge on any atom is 0.319 e. The van der Waals surface area contributed by atoms with Crippen LogP contribution in [0.25, 0.3) is 20.8 Å². The van der Waals surface area contributed by atoms with E-state index in [0.717, 1.165) is 66.4 Å². The molecule has 1 aliphatic heterocycles. The van der Waals surface area contributed by atoms with Crippen LogP contribution in [0.5, 0.6) is 11.5 Å². The van der Waals surface area contributed by atoms with Gasteiger partial charge in [0.05, 0.1) is 20.8 Å². The van der Waals surface area contributed by atoms with Gasteiger partial charge in [0.1, 0.15) is 5.75 Å². The SMILES string of the molecule is CCN1CCN(Cc2ccc(-c3cc4nccc(Oc5ccc(NC(=O)NC6CC6)cc5F)c4s3)nc2)CC1C. The minimum atomic E-state index is -0.561. The van der Waals surface area contributed by atoms with Crippen LogP contribution in [0.2, 0.25) is 0 Å². The molecule has 0 bridgehead atoms. The Balaban J connectivity index is 1.14. The minimum absolute atomic E-state index is 0.0761. The number of piperazine rings is 1. The van der Waals surface area contributed by atoms with Crippen LogP contribution in [0.15, 0.2) is 54.9 Å². The first-order valence-electron chi connectivity index (χ1n) is 13.8. The number of hydrogen-bond acceptors (Lipinski definition) is 7. The molecule has 10 heteroatoms. The molecule has 8 nitrogen and oxygen atoms in total. The van der Waals surface area contributed by atoms with Crippen LogP contribution in [0, 0.1) is 5.82 Å². The van der Waals surface area contributed by atoms with E-state index in [0.29, 0.717) is 17.5 Å². The van der Waals surface area contributed by atoms with Gasteiger partial charge in [0.25, 0.3) is 0 Å². The number of nitrogens with one attached hydrogen (secondary N) is 2. The summed E-state index contributed by atoms with van der Waals surface area (Å²) >= 11 is 1.52. The third-order valence-electron chi connectivity index (χ3n) is 7.44. The first-order valence-corrected chi connectivity index (χ1v) is 14.6. The van der Waals surface area contributed by atoms with E-state index >= 15 is 0 Å². The fourth-order valence-electron chi connectivity index (χ4n) is 5.09. The van der Waals surface area contributed by atoms with Crippen molar-refractivity contribution in [1.29, 1.82) is 0 Å². The van der Waals surface area contributed by atoms with Gasteiger partial charge in [0.15, 0.2) is 11.6 Å². The van der Waals surface area contributed by atoms with Crippen molar-refractivity contribution in [2.45, 2.75) is 45.3 Å². The lowest BCUT2D eigenvalue weighted by atomic mass is 10.1. The van der Waals surface area contributed by atoms with Crippen LogP contribution in [0.1, 0.15) is 32.3 Å². The molecule has 40 heavy (non-hydrogen) atoms. The van der Waals surface area contributed by atoms with Gasteiger partial charge in [-0.3, -0.25) is 19.8 Å². The Morgan fingerprint density at radius 3 is 2.73 bits per heavy atom. The molecule has 1 unspecified atom stereocenters. The number of rotatable bonds is 8. The zero-order chi connectivity index (χ0) is 27.6. The zero-order valence-electron chi connectivity index (χ0n) is 22.7. The van der Waals surface area contributed by atoms with Gasteiger partial charge >= 0.3 is 6.03 Å². The molecule has 0 radical (unpaired) electrons. The lowest BCUT2D eigenvalue weighted by Gasteiger charge is -2.39. The number of carbonyl (C=O) groups excluding carboxylic acids is 1. The van der Waals surface area contributed by atoms with Gasteiger partial charge < -0.3 is 15.4 Å². The fourth-order valence-corrected chi connectivity index (χ4v) is 6.13. The van der Waals surface area contributed by atoms with Gasteiger partial charge in [-0.15, -0.1) is 11.3 Å². The fraction of sp³-hybridized carbons (Fsp3) is 0.367. The number of anilines is 1. The smallest absolute Gasteiger partial charge is 0.319 e. The topological polar surface area (TPSA) is 82.6 Å². The second-order valence-electron chi connectivity index (χ2n) is 10.5. The van der Waals surface area contributed by atoms with Crippen LogP contribution >= 0.6 is 11.3 Å². The number of amides is 2. The molecule has 1 saturated heterocycles. The summed E-state index contributed by atoms with van der Waals surface area (Å²) in [5.41, 5.74) is 3.20. The van der Waals surface area contributed by atoms with E-state index < -0.39 is 5.82 Å². The quantitative estimate of drug-likeness (QED) is 0.271. The Morgan fingerprint density at radius 1 is 1.12 bits per heavy atom. The molecular formula is C30H33FN6O2S. The van der Waals surface area contributed by atoms with Gasteiger partial charge in [0.2, 0.25) is 0 Å². The number of halogens is 1. The summed E-state index contributed by atoms with van der Waals surface area (Å²) in [6.45, 7) is 9.75. The van der Waals surface area contributed by atoms with E-state index in [4.69, 9.17) is 9.72 Å². The highest BCUT2D eigenvalue weighted by molar-refractivity contribution is 7.22. The number of urea groups is 1. The van der Waals surface area contributed by atoms with Gasteiger partial charge in [-0.2, -0.15) is 0 Å². The van der Waals surface area contributed by atoms with Gasteiger partial charge in [-0.05, 0) is 56.1 Å². The van der Waals surface area contributed by atoms with Crippen molar-refractivity contribution < 1.29 is 13.9 Å². The van der Waals surface area contributed by atoms with Crippen molar-refractivity contribution in [3.8, 4) is 22.1 Å². The Bertz CT molecular complexity index is 1510. The summed E-state index contributed by atoms with van der Waals surface area (Å²) < 4.78 is 21.7. The molecule has 0 spiro atoms. The molecule has 1 atom stereocenters.